The Bertz CT molecular complexity index is 587. The standard InChI is InChI=1S/C15H15FN4/c1-2-7-20(15-18-9-14(16)10-19-15)11-13-5-3-12(8-17)4-6-13/h3-6,9-10H,2,7,11H2,1H3. The van der Waals surface area contributed by atoms with Crippen molar-refractivity contribution in [2.24, 2.45) is 0 Å². The van der Waals surface area contributed by atoms with Gasteiger partial charge in [-0.25, -0.2) is 14.4 Å². The molecule has 2 rings (SSSR count). The minimum atomic E-state index is -0.441. The van der Waals surface area contributed by atoms with E-state index in [1.54, 1.807) is 12.1 Å². The first kappa shape index (κ1) is 13.9. The van der Waals surface area contributed by atoms with E-state index < -0.39 is 5.82 Å². The van der Waals surface area contributed by atoms with Crippen molar-refractivity contribution in [2.75, 3.05) is 11.4 Å². The van der Waals surface area contributed by atoms with Crippen molar-refractivity contribution < 1.29 is 4.39 Å². The van der Waals surface area contributed by atoms with E-state index in [0.29, 0.717) is 18.1 Å². The Labute approximate surface area is 117 Å². The van der Waals surface area contributed by atoms with Gasteiger partial charge >= 0.3 is 0 Å². The van der Waals surface area contributed by atoms with E-state index in [9.17, 15) is 4.39 Å². The average molecular weight is 270 g/mol. The summed E-state index contributed by atoms with van der Waals surface area (Å²) in [6.45, 7) is 3.48. The molecule has 0 aliphatic rings. The minimum Gasteiger partial charge on any atom is -0.337 e. The summed E-state index contributed by atoms with van der Waals surface area (Å²) >= 11 is 0. The fourth-order valence-electron chi connectivity index (χ4n) is 1.89. The zero-order valence-electron chi connectivity index (χ0n) is 11.3. The third-order valence-electron chi connectivity index (χ3n) is 2.84. The molecule has 1 aromatic carbocycles. The van der Waals surface area contributed by atoms with Crippen molar-refractivity contribution in [1.29, 1.82) is 5.26 Å². The predicted molar refractivity (Wildman–Crippen MR) is 74.5 cm³/mol. The molecule has 5 heteroatoms. The predicted octanol–water partition coefficient (Wildman–Crippen LogP) is 2.90. The fraction of sp³-hybridized carbons (Fsp3) is 0.267. The van der Waals surface area contributed by atoms with Crippen molar-refractivity contribution in [2.45, 2.75) is 19.9 Å². The van der Waals surface area contributed by atoms with E-state index in [1.165, 1.54) is 12.4 Å². The second-order valence-corrected chi connectivity index (χ2v) is 4.43. The Morgan fingerprint density at radius 2 is 1.85 bits per heavy atom. The second-order valence-electron chi connectivity index (χ2n) is 4.43. The van der Waals surface area contributed by atoms with E-state index in [1.807, 2.05) is 17.0 Å². The van der Waals surface area contributed by atoms with Gasteiger partial charge in [-0.2, -0.15) is 5.26 Å². The highest BCUT2D eigenvalue weighted by molar-refractivity contribution is 5.35. The topological polar surface area (TPSA) is 52.8 Å². The zero-order valence-corrected chi connectivity index (χ0v) is 11.3. The van der Waals surface area contributed by atoms with Crippen LogP contribution < -0.4 is 4.90 Å². The van der Waals surface area contributed by atoms with Crippen LogP contribution in [-0.2, 0) is 6.54 Å². The molecular formula is C15H15FN4. The number of benzene rings is 1. The minimum absolute atomic E-state index is 0.441. The molecule has 0 amide bonds. The van der Waals surface area contributed by atoms with Gasteiger partial charge in [0.1, 0.15) is 0 Å². The number of aromatic nitrogens is 2. The Kier molecular flexibility index (Phi) is 4.61. The van der Waals surface area contributed by atoms with Gasteiger partial charge in [-0.3, -0.25) is 0 Å². The summed E-state index contributed by atoms with van der Waals surface area (Å²) in [5.74, 6) is 0.0705. The van der Waals surface area contributed by atoms with E-state index in [2.05, 4.69) is 23.0 Å². The molecule has 0 N–H and O–H groups in total. The van der Waals surface area contributed by atoms with Gasteiger partial charge in [0.2, 0.25) is 5.95 Å². The molecule has 0 radical (unpaired) electrons. The highest BCUT2D eigenvalue weighted by Crippen LogP contribution is 2.13. The highest BCUT2D eigenvalue weighted by atomic mass is 19.1. The van der Waals surface area contributed by atoms with Crippen LogP contribution in [0.2, 0.25) is 0 Å². The Morgan fingerprint density at radius 3 is 2.40 bits per heavy atom. The van der Waals surface area contributed by atoms with E-state index in [0.717, 1.165) is 18.5 Å². The molecule has 4 nitrogen and oxygen atoms in total. The largest absolute Gasteiger partial charge is 0.337 e. The lowest BCUT2D eigenvalue weighted by atomic mass is 10.1. The molecule has 1 heterocycles. The van der Waals surface area contributed by atoms with Gasteiger partial charge in [-0.15, -0.1) is 0 Å². The van der Waals surface area contributed by atoms with Gasteiger partial charge in [0, 0.05) is 13.1 Å². The first-order valence-electron chi connectivity index (χ1n) is 6.44. The molecule has 0 atom stereocenters. The Morgan fingerprint density at radius 1 is 1.20 bits per heavy atom. The SMILES string of the molecule is CCCN(Cc1ccc(C#N)cc1)c1ncc(F)cn1. The lowest BCUT2D eigenvalue weighted by molar-refractivity contribution is 0.610. The van der Waals surface area contributed by atoms with E-state index >= 15 is 0 Å². The molecule has 0 aliphatic carbocycles. The maximum absolute atomic E-state index is 12.9. The van der Waals surface area contributed by atoms with Gasteiger partial charge < -0.3 is 4.90 Å². The number of rotatable bonds is 5. The van der Waals surface area contributed by atoms with Gasteiger partial charge in [-0.05, 0) is 24.1 Å². The Hall–Kier alpha value is -2.48. The number of nitriles is 1. The van der Waals surface area contributed by atoms with Gasteiger partial charge in [0.25, 0.3) is 0 Å². The van der Waals surface area contributed by atoms with Crippen molar-refractivity contribution in [3.8, 4) is 6.07 Å². The van der Waals surface area contributed by atoms with Crippen LogP contribution in [-0.4, -0.2) is 16.5 Å². The maximum atomic E-state index is 12.9. The molecule has 1 aromatic heterocycles. The molecule has 2 aromatic rings. The van der Waals surface area contributed by atoms with Gasteiger partial charge in [-0.1, -0.05) is 19.1 Å². The molecule has 102 valence electrons. The lowest BCUT2D eigenvalue weighted by Crippen LogP contribution is -2.25. The molecule has 20 heavy (non-hydrogen) atoms. The zero-order chi connectivity index (χ0) is 14.4. The summed E-state index contributed by atoms with van der Waals surface area (Å²) in [6, 6.07) is 9.47. The average Bonchev–Trinajstić information content (AvgIpc) is 2.48. The van der Waals surface area contributed by atoms with Crippen molar-refractivity contribution in [3.63, 3.8) is 0 Å². The molecule has 0 aliphatic heterocycles. The molecule has 0 spiro atoms. The number of anilines is 1. The summed E-state index contributed by atoms with van der Waals surface area (Å²) in [7, 11) is 0. The summed E-state index contributed by atoms with van der Waals surface area (Å²) < 4.78 is 12.9. The normalized spacial score (nSPS) is 10.1. The van der Waals surface area contributed by atoms with Gasteiger partial charge in [0.05, 0.1) is 24.0 Å². The molecule has 0 bridgehead atoms. The molecule has 0 saturated carbocycles. The number of hydrogen-bond acceptors (Lipinski definition) is 4. The maximum Gasteiger partial charge on any atom is 0.225 e. The number of hydrogen-bond donors (Lipinski definition) is 0. The van der Waals surface area contributed by atoms with Crippen LogP contribution in [0.15, 0.2) is 36.7 Å². The summed E-state index contributed by atoms with van der Waals surface area (Å²) in [5, 5.41) is 8.78. The molecular weight excluding hydrogens is 255 g/mol. The first-order chi connectivity index (χ1) is 9.72. The molecule has 0 unspecified atom stereocenters. The van der Waals surface area contributed by atoms with Crippen molar-refractivity contribution in [1.82, 2.24) is 9.97 Å². The fourth-order valence-corrected chi connectivity index (χ4v) is 1.89. The third-order valence-corrected chi connectivity index (χ3v) is 2.84. The van der Waals surface area contributed by atoms with E-state index in [4.69, 9.17) is 5.26 Å². The van der Waals surface area contributed by atoms with Crippen LogP contribution in [0, 0.1) is 17.1 Å². The lowest BCUT2D eigenvalue weighted by Gasteiger charge is -2.21. The van der Waals surface area contributed by atoms with Crippen LogP contribution in [0.5, 0.6) is 0 Å². The summed E-state index contributed by atoms with van der Waals surface area (Å²) in [5.41, 5.74) is 1.69. The van der Waals surface area contributed by atoms with Crippen LogP contribution in [0.4, 0.5) is 10.3 Å². The monoisotopic (exact) mass is 270 g/mol. The van der Waals surface area contributed by atoms with Crippen LogP contribution in [0.3, 0.4) is 0 Å². The molecule has 0 saturated heterocycles. The third kappa shape index (κ3) is 3.51. The van der Waals surface area contributed by atoms with Crippen LogP contribution >= 0.6 is 0 Å². The van der Waals surface area contributed by atoms with E-state index in [-0.39, 0.29) is 0 Å². The van der Waals surface area contributed by atoms with Gasteiger partial charge in [0.15, 0.2) is 5.82 Å². The first-order valence-corrected chi connectivity index (χ1v) is 6.44. The summed E-state index contributed by atoms with van der Waals surface area (Å²) in [4.78, 5) is 10.0. The highest BCUT2D eigenvalue weighted by Gasteiger charge is 2.09. The van der Waals surface area contributed by atoms with Crippen LogP contribution in [0.1, 0.15) is 24.5 Å². The quantitative estimate of drug-likeness (QED) is 0.838. The van der Waals surface area contributed by atoms with Crippen LogP contribution in [0.25, 0.3) is 0 Å². The molecule has 0 fully saturated rings. The van der Waals surface area contributed by atoms with Crippen molar-refractivity contribution in [3.05, 3.63) is 53.6 Å². The smallest absolute Gasteiger partial charge is 0.225 e. The Balaban J connectivity index is 2.16. The second kappa shape index (κ2) is 6.62. The summed E-state index contributed by atoms with van der Waals surface area (Å²) in [6.07, 6.45) is 3.28. The van der Waals surface area contributed by atoms with Crippen molar-refractivity contribution >= 4 is 5.95 Å². The number of nitrogens with zero attached hydrogens (tertiary/aromatic N) is 4. The number of halogens is 1.